The maximum Gasteiger partial charge on any atom is 0.337 e. The molecule has 3 aromatic carbocycles. The van der Waals surface area contributed by atoms with E-state index in [1.807, 2.05) is 60.7 Å². The number of nitrogens with zero attached hydrogens (tertiary/aromatic N) is 1. The number of benzene rings is 3. The second kappa shape index (κ2) is 9.39. The van der Waals surface area contributed by atoms with Gasteiger partial charge in [0.25, 0.3) is 0 Å². The van der Waals surface area contributed by atoms with Gasteiger partial charge < -0.3 is 19.3 Å². The summed E-state index contributed by atoms with van der Waals surface area (Å²) in [5.41, 5.74) is 2.88. The van der Waals surface area contributed by atoms with Crippen molar-refractivity contribution >= 4 is 16.7 Å². The molecule has 1 heterocycles. The highest BCUT2D eigenvalue weighted by Gasteiger charge is 2.17. The minimum absolute atomic E-state index is 0.113. The summed E-state index contributed by atoms with van der Waals surface area (Å²) in [6.07, 6.45) is 1.90. The number of pyridine rings is 1. The fraction of sp³-hybridized carbons (Fsp3) is 0.154. The van der Waals surface area contributed by atoms with Crippen molar-refractivity contribution in [3.8, 4) is 17.2 Å². The van der Waals surface area contributed by atoms with Gasteiger partial charge in [0.2, 0.25) is 0 Å². The van der Waals surface area contributed by atoms with Crippen molar-refractivity contribution in [1.82, 2.24) is 4.98 Å². The average molecular weight is 429 g/mol. The summed E-state index contributed by atoms with van der Waals surface area (Å²) in [7, 11) is 3.16. The minimum atomic E-state index is -1.05. The van der Waals surface area contributed by atoms with Crippen LogP contribution in [0, 0.1) is 0 Å². The molecule has 6 nitrogen and oxygen atoms in total. The third-order valence-electron chi connectivity index (χ3n) is 5.23. The average Bonchev–Trinajstić information content (AvgIpc) is 2.83. The SMILES string of the molecule is COc1cccc(Cc2ncc(C(=O)O)c3cc(OC)c(OCc4ccccc4)cc23)c1. The minimum Gasteiger partial charge on any atom is -0.497 e. The first-order valence-electron chi connectivity index (χ1n) is 10.1. The van der Waals surface area contributed by atoms with Crippen molar-refractivity contribution in [1.29, 1.82) is 0 Å². The topological polar surface area (TPSA) is 77.9 Å². The van der Waals surface area contributed by atoms with Gasteiger partial charge >= 0.3 is 5.97 Å². The van der Waals surface area contributed by atoms with Crippen LogP contribution in [-0.2, 0) is 13.0 Å². The molecule has 0 bridgehead atoms. The Kier molecular flexibility index (Phi) is 6.22. The Morgan fingerprint density at radius 1 is 0.875 bits per heavy atom. The lowest BCUT2D eigenvalue weighted by Gasteiger charge is -2.15. The van der Waals surface area contributed by atoms with Crippen LogP contribution in [0.1, 0.15) is 27.2 Å². The molecule has 1 aromatic heterocycles. The number of rotatable bonds is 8. The summed E-state index contributed by atoms with van der Waals surface area (Å²) in [6, 6.07) is 21.0. The van der Waals surface area contributed by atoms with E-state index >= 15 is 0 Å². The van der Waals surface area contributed by atoms with E-state index in [0.717, 1.165) is 22.6 Å². The monoisotopic (exact) mass is 429 g/mol. The highest BCUT2D eigenvalue weighted by molar-refractivity contribution is 6.05. The predicted octanol–water partition coefficient (Wildman–Crippen LogP) is 5.12. The van der Waals surface area contributed by atoms with E-state index in [9.17, 15) is 9.90 Å². The number of carboxylic acid groups (broad SMARTS) is 1. The standard InChI is InChI=1S/C26H23NO5/c1-30-19-10-6-9-18(11-19)12-23-21-14-25(32-16-17-7-4-3-5-8-17)24(31-2)13-20(21)22(15-27-23)26(28)29/h3-11,13-15H,12,16H2,1-2H3,(H,28,29). The Morgan fingerprint density at radius 3 is 2.34 bits per heavy atom. The van der Waals surface area contributed by atoms with Crippen molar-refractivity contribution in [2.24, 2.45) is 0 Å². The number of hydrogen-bond donors (Lipinski definition) is 1. The lowest BCUT2D eigenvalue weighted by atomic mass is 10.00. The third-order valence-corrected chi connectivity index (χ3v) is 5.23. The van der Waals surface area contributed by atoms with Gasteiger partial charge in [-0.05, 0) is 35.4 Å². The van der Waals surface area contributed by atoms with Crippen LogP contribution in [0.3, 0.4) is 0 Å². The Morgan fingerprint density at radius 2 is 1.62 bits per heavy atom. The van der Waals surface area contributed by atoms with Gasteiger partial charge in [-0.3, -0.25) is 4.98 Å². The molecule has 0 radical (unpaired) electrons. The molecular weight excluding hydrogens is 406 g/mol. The van der Waals surface area contributed by atoms with Gasteiger partial charge in [-0.2, -0.15) is 0 Å². The molecule has 0 aliphatic carbocycles. The molecular formula is C26H23NO5. The number of aromatic carboxylic acids is 1. The van der Waals surface area contributed by atoms with Crippen molar-refractivity contribution < 1.29 is 24.1 Å². The predicted molar refractivity (Wildman–Crippen MR) is 122 cm³/mol. The molecule has 4 rings (SSSR count). The molecule has 0 saturated heterocycles. The number of fused-ring (bicyclic) bond motifs is 1. The number of ether oxygens (including phenoxy) is 3. The van der Waals surface area contributed by atoms with Crippen LogP contribution in [0.25, 0.3) is 10.8 Å². The molecule has 0 saturated carbocycles. The number of aromatic nitrogens is 1. The first-order chi connectivity index (χ1) is 15.6. The molecule has 0 unspecified atom stereocenters. The van der Waals surface area contributed by atoms with Crippen molar-refractivity contribution in [2.45, 2.75) is 13.0 Å². The number of hydrogen-bond acceptors (Lipinski definition) is 5. The van der Waals surface area contributed by atoms with Gasteiger partial charge in [-0.1, -0.05) is 42.5 Å². The van der Waals surface area contributed by atoms with Crippen LogP contribution < -0.4 is 14.2 Å². The lowest BCUT2D eigenvalue weighted by molar-refractivity contribution is 0.0698. The molecule has 4 aromatic rings. The van der Waals surface area contributed by atoms with Crippen LogP contribution in [-0.4, -0.2) is 30.3 Å². The Balaban J connectivity index is 1.79. The molecule has 32 heavy (non-hydrogen) atoms. The highest BCUT2D eigenvalue weighted by Crippen LogP contribution is 2.36. The van der Waals surface area contributed by atoms with Crippen LogP contribution in [0.4, 0.5) is 0 Å². The fourth-order valence-electron chi connectivity index (χ4n) is 3.60. The second-order valence-corrected chi connectivity index (χ2v) is 7.27. The molecule has 0 atom stereocenters. The summed E-state index contributed by atoms with van der Waals surface area (Å²) in [4.78, 5) is 16.3. The molecule has 0 aliphatic rings. The Hall–Kier alpha value is -4.06. The maximum atomic E-state index is 11.8. The lowest BCUT2D eigenvalue weighted by Crippen LogP contribution is -2.04. The summed E-state index contributed by atoms with van der Waals surface area (Å²) in [6.45, 7) is 0.361. The molecule has 0 fully saturated rings. The van der Waals surface area contributed by atoms with Gasteiger partial charge in [0.05, 0.1) is 25.5 Å². The summed E-state index contributed by atoms with van der Waals surface area (Å²) in [5, 5.41) is 10.9. The molecule has 0 spiro atoms. The smallest absolute Gasteiger partial charge is 0.337 e. The van der Waals surface area contributed by atoms with E-state index < -0.39 is 5.97 Å². The highest BCUT2D eigenvalue weighted by atomic mass is 16.5. The summed E-state index contributed by atoms with van der Waals surface area (Å²) < 4.78 is 16.9. The zero-order chi connectivity index (χ0) is 22.5. The van der Waals surface area contributed by atoms with E-state index in [2.05, 4.69) is 4.98 Å². The van der Waals surface area contributed by atoms with E-state index in [1.54, 1.807) is 13.2 Å². The van der Waals surface area contributed by atoms with E-state index in [4.69, 9.17) is 14.2 Å². The zero-order valence-electron chi connectivity index (χ0n) is 17.9. The molecule has 0 amide bonds. The quantitative estimate of drug-likeness (QED) is 0.419. The normalized spacial score (nSPS) is 10.7. The third kappa shape index (κ3) is 4.49. The van der Waals surface area contributed by atoms with Gasteiger partial charge in [0, 0.05) is 23.4 Å². The van der Waals surface area contributed by atoms with Gasteiger partial charge in [0.15, 0.2) is 11.5 Å². The zero-order valence-corrected chi connectivity index (χ0v) is 17.9. The van der Waals surface area contributed by atoms with Crippen molar-refractivity contribution in [3.05, 3.63) is 95.3 Å². The van der Waals surface area contributed by atoms with Gasteiger partial charge in [-0.25, -0.2) is 4.79 Å². The molecule has 6 heteroatoms. The van der Waals surface area contributed by atoms with Crippen LogP contribution in [0.5, 0.6) is 17.2 Å². The van der Waals surface area contributed by atoms with Crippen molar-refractivity contribution in [3.63, 3.8) is 0 Å². The summed E-state index contributed by atoms with van der Waals surface area (Å²) in [5.74, 6) is 0.701. The van der Waals surface area contributed by atoms with Crippen LogP contribution >= 0.6 is 0 Å². The summed E-state index contributed by atoms with van der Waals surface area (Å²) >= 11 is 0. The largest absolute Gasteiger partial charge is 0.497 e. The number of methoxy groups -OCH3 is 2. The van der Waals surface area contributed by atoms with E-state index in [1.165, 1.54) is 13.3 Å². The van der Waals surface area contributed by atoms with Crippen molar-refractivity contribution in [2.75, 3.05) is 14.2 Å². The Bertz CT molecular complexity index is 1250. The molecule has 162 valence electrons. The number of carbonyl (C=O) groups is 1. The second-order valence-electron chi connectivity index (χ2n) is 7.27. The van der Waals surface area contributed by atoms with Gasteiger partial charge in [-0.15, -0.1) is 0 Å². The molecule has 1 N–H and O–H groups in total. The molecule has 0 aliphatic heterocycles. The first-order valence-corrected chi connectivity index (χ1v) is 10.1. The van der Waals surface area contributed by atoms with E-state index in [0.29, 0.717) is 35.3 Å². The van der Waals surface area contributed by atoms with E-state index in [-0.39, 0.29) is 5.56 Å². The van der Waals surface area contributed by atoms with Crippen LogP contribution in [0.15, 0.2) is 72.9 Å². The number of carboxylic acids is 1. The van der Waals surface area contributed by atoms with Gasteiger partial charge in [0.1, 0.15) is 12.4 Å². The van der Waals surface area contributed by atoms with Crippen LogP contribution in [0.2, 0.25) is 0 Å². The maximum absolute atomic E-state index is 11.8. The first kappa shape index (κ1) is 21.2. The fourth-order valence-corrected chi connectivity index (χ4v) is 3.60. The Labute approximate surface area is 186 Å².